The maximum Gasteiger partial charge on any atom is 0.335 e. The molecule has 1 aliphatic rings. The zero-order valence-electron chi connectivity index (χ0n) is 17.1. The largest absolute Gasteiger partial charge is 0.478 e. The fraction of sp³-hybridized carbons (Fsp3) is 0.435. The van der Waals surface area contributed by atoms with E-state index in [2.05, 4.69) is 58.6 Å². The van der Waals surface area contributed by atoms with Crippen molar-refractivity contribution in [1.82, 2.24) is 0 Å². The number of anilines is 2. The summed E-state index contributed by atoms with van der Waals surface area (Å²) in [6.45, 7) is 14.4. The first-order valence-corrected chi connectivity index (χ1v) is 9.47. The maximum atomic E-state index is 11.1. The second-order valence-corrected chi connectivity index (χ2v) is 8.46. The van der Waals surface area contributed by atoms with Crippen molar-refractivity contribution in [1.29, 1.82) is 0 Å². The van der Waals surface area contributed by atoms with Crippen LogP contribution in [-0.2, 0) is 15.8 Å². The predicted molar refractivity (Wildman–Crippen MR) is 109 cm³/mol. The van der Waals surface area contributed by atoms with Gasteiger partial charge in [0.2, 0.25) is 0 Å². The SMILES string of the molecule is CCN(c1ccc(C(=O)O)cc1)c1cc2c(cc1C)C(C)(C)OCC2(C)C. The summed E-state index contributed by atoms with van der Waals surface area (Å²) >= 11 is 0. The summed E-state index contributed by atoms with van der Waals surface area (Å²) in [5, 5.41) is 9.15. The summed E-state index contributed by atoms with van der Waals surface area (Å²) in [6, 6.07) is 11.6. The van der Waals surface area contributed by atoms with E-state index in [1.165, 1.54) is 16.7 Å². The Morgan fingerprint density at radius 1 is 1.11 bits per heavy atom. The third-order valence-corrected chi connectivity index (χ3v) is 5.54. The van der Waals surface area contributed by atoms with Crippen LogP contribution in [0, 0.1) is 6.92 Å². The molecule has 27 heavy (non-hydrogen) atoms. The molecule has 4 nitrogen and oxygen atoms in total. The smallest absolute Gasteiger partial charge is 0.335 e. The number of hydrogen-bond donors (Lipinski definition) is 1. The highest BCUT2D eigenvalue weighted by molar-refractivity contribution is 5.88. The topological polar surface area (TPSA) is 49.8 Å². The summed E-state index contributed by atoms with van der Waals surface area (Å²) in [7, 11) is 0. The van der Waals surface area contributed by atoms with Gasteiger partial charge in [-0.25, -0.2) is 4.79 Å². The van der Waals surface area contributed by atoms with Gasteiger partial charge in [0.05, 0.1) is 17.8 Å². The minimum atomic E-state index is -0.904. The molecule has 144 valence electrons. The zero-order chi connectivity index (χ0) is 20.0. The van der Waals surface area contributed by atoms with Gasteiger partial charge in [0.15, 0.2) is 0 Å². The lowest BCUT2D eigenvalue weighted by Crippen LogP contribution is -2.40. The molecule has 0 saturated carbocycles. The fourth-order valence-corrected chi connectivity index (χ4v) is 3.84. The van der Waals surface area contributed by atoms with Gasteiger partial charge in [-0.3, -0.25) is 0 Å². The molecule has 2 aromatic rings. The number of carboxylic acid groups (broad SMARTS) is 1. The number of rotatable bonds is 4. The van der Waals surface area contributed by atoms with Gasteiger partial charge in [-0.2, -0.15) is 0 Å². The third-order valence-electron chi connectivity index (χ3n) is 5.54. The molecule has 0 bridgehead atoms. The molecule has 0 aliphatic carbocycles. The number of carbonyl (C=O) groups is 1. The molecule has 0 amide bonds. The lowest BCUT2D eigenvalue weighted by molar-refractivity contribution is -0.0587. The second-order valence-electron chi connectivity index (χ2n) is 8.46. The molecule has 2 aromatic carbocycles. The Bertz CT molecular complexity index is 866. The number of hydrogen-bond acceptors (Lipinski definition) is 3. The first-order chi connectivity index (χ1) is 12.6. The van der Waals surface area contributed by atoms with Crippen LogP contribution in [0.4, 0.5) is 11.4 Å². The van der Waals surface area contributed by atoms with Crippen LogP contribution in [0.2, 0.25) is 0 Å². The van der Waals surface area contributed by atoms with Gasteiger partial charge in [0.1, 0.15) is 0 Å². The van der Waals surface area contributed by atoms with Crippen LogP contribution >= 0.6 is 0 Å². The van der Waals surface area contributed by atoms with Crippen molar-refractivity contribution in [2.45, 2.75) is 52.6 Å². The van der Waals surface area contributed by atoms with Crippen LogP contribution in [-0.4, -0.2) is 24.2 Å². The van der Waals surface area contributed by atoms with E-state index in [1.807, 2.05) is 12.1 Å². The highest BCUT2D eigenvalue weighted by Crippen LogP contribution is 2.44. The van der Waals surface area contributed by atoms with Gasteiger partial charge in [-0.15, -0.1) is 0 Å². The van der Waals surface area contributed by atoms with Crippen LogP contribution < -0.4 is 4.90 Å². The van der Waals surface area contributed by atoms with E-state index < -0.39 is 5.97 Å². The van der Waals surface area contributed by atoms with Crippen molar-refractivity contribution >= 4 is 17.3 Å². The Hall–Kier alpha value is -2.33. The Labute approximate surface area is 161 Å². The molecular formula is C23H29NO3. The normalized spacial score (nSPS) is 17.3. The summed E-state index contributed by atoms with van der Waals surface area (Å²) in [5.74, 6) is -0.904. The summed E-state index contributed by atoms with van der Waals surface area (Å²) in [4.78, 5) is 13.4. The number of benzene rings is 2. The maximum absolute atomic E-state index is 11.1. The second kappa shape index (κ2) is 6.68. The highest BCUT2D eigenvalue weighted by atomic mass is 16.5. The number of aromatic carboxylic acids is 1. The predicted octanol–water partition coefficient (Wildman–Crippen LogP) is 5.39. The van der Waals surface area contributed by atoms with Crippen LogP contribution in [0.5, 0.6) is 0 Å². The lowest BCUT2D eigenvalue weighted by Gasteiger charge is -2.43. The first-order valence-electron chi connectivity index (χ1n) is 9.47. The third kappa shape index (κ3) is 3.46. The summed E-state index contributed by atoms with van der Waals surface area (Å²) in [5.41, 5.74) is 5.86. The molecule has 4 heteroatoms. The lowest BCUT2D eigenvalue weighted by atomic mass is 9.75. The first kappa shape index (κ1) is 19.4. The van der Waals surface area contributed by atoms with Crippen molar-refractivity contribution in [3.8, 4) is 0 Å². The van der Waals surface area contributed by atoms with Gasteiger partial charge in [0.25, 0.3) is 0 Å². The molecule has 0 spiro atoms. The van der Waals surface area contributed by atoms with Gasteiger partial charge < -0.3 is 14.7 Å². The molecule has 0 unspecified atom stereocenters. The number of nitrogens with zero attached hydrogens (tertiary/aromatic N) is 1. The van der Waals surface area contributed by atoms with Crippen LogP contribution in [0.25, 0.3) is 0 Å². The molecule has 0 aromatic heterocycles. The fourth-order valence-electron chi connectivity index (χ4n) is 3.84. The Kier molecular flexibility index (Phi) is 4.81. The average Bonchev–Trinajstić information content (AvgIpc) is 2.61. The molecule has 3 rings (SSSR count). The summed E-state index contributed by atoms with van der Waals surface area (Å²) in [6.07, 6.45) is 0. The van der Waals surface area contributed by atoms with Crippen molar-refractivity contribution in [2.75, 3.05) is 18.1 Å². The van der Waals surface area contributed by atoms with Crippen molar-refractivity contribution in [3.63, 3.8) is 0 Å². The Balaban J connectivity index is 2.11. The molecule has 0 atom stereocenters. The van der Waals surface area contributed by atoms with Crippen LogP contribution in [0.1, 0.15) is 61.7 Å². The molecule has 1 aliphatic heterocycles. The number of carboxylic acids is 1. The Morgan fingerprint density at radius 3 is 2.30 bits per heavy atom. The molecule has 1 heterocycles. The molecule has 1 N–H and O–H groups in total. The molecule has 0 radical (unpaired) electrons. The van der Waals surface area contributed by atoms with Gasteiger partial charge in [-0.1, -0.05) is 19.9 Å². The molecule has 0 saturated heterocycles. The standard InChI is InChI=1S/C23H29NO3/c1-7-24(17-10-8-16(9-11-17)21(25)26)20-13-18-19(12-15(20)2)23(5,6)27-14-22(18,3)4/h8-13H,7,14H2,1-6H3,(H,25,26). The summed E-state index contributed by atoms with van der Waals surface area (Å²) < 4.78 is 6.14. The van der Waals surface area contributed by atoms with E-state index in [4.69, 9.17) is 9.84 Å². The van der Waals surface area contributed by atoms with Crippen LogP contribution in [0.15, 0.2) is 36.4 Å². The van der Waals surface area contributed by atoms with E-state index in [-0.39, 0.29) is 11.0 Å². The number of fused-ring (bicyclic) bond motifs is 1. The van der Waals surface area contributed by atoms with Crippen molar-refractivity contribution in [3.05, 3.63) is 58.7 Å². The van der Waals surface area contributed by atoms with Crippen molar-refractivity contribution in [2.24, 2.45) is 0 Å². The number of ether oxygens (including phenoxy) is 1. The van der Waals surface area contributed by atoms with Crippen molar-refractivity contribution < 1.29 is 14.6 Å². The number of aryl methyl sites for hydroxylation is 1. The van der Waals surface area contributed by atoms with Crippen LogP contribution in [0.3, 0.4) is 0 Å². The van der Waals surface area contributed by atoms with Gasteiger partial charge >= 0.3 is 5.97 Å². The quantitative estimate of drug-likeness (QED) is 0.787. The van der Waals surface area contributed by atoms with E-state index in [0.717, 1.165) is 17.9 Å². The molecular weight excluding hydrogens is 338 g/mol. The minimum absolute atomic E-state index is 0.0557. The van der Waals surface area contributed by atoms with E-state index in [9.17, 15) is 4.79 Å². The van der Waals surface area contributed by atoms with E-state index in [0.29, 0.717) is 12.2 Å². The zero-order valence-corrected chi connectivity index (χ0v) is 17.1. The monoisotopic (exact) mass is 367 g/mol. The highest BCUT2D eigenvalue weighted by Gasteiger charge is 2.38. The van der Waals surface area contributed by atoms with Gasteiger partial charge in [0, 0.05) is 23.3 Å². The molecule has 0 fully saturated rings. The average molecular weight is 367 g/mol. The van der Waals surface area contributed by atoms with E-state index in [1.54, 1.807) is 12.1 Å². The Morgan fingerprint density at radius 2 is 1.74 bits per heavy atom. The van der Waals surface area contributed by atoms with E-state index >= 15 is 0 Å². The minimum Gasteiger partial charge on any atom is -0.478 e. The van der Waals surface area contributed by atoms with Gasteiger partial charge in [-0.05, 0) is 74.7 Å².